The third-order valence-electron chi connectivity index (χ3n) is 4.86. The van der Waals surface area contributed by atoms with Gasteiger partial charge in [0.05, 0.1) is 0 Å². The minimum absolute atomic E-state index is 0.175. The molecule has 2 aromatic rings. The first-order chi connectivity index (χ1) is 13.1. The maximum absolute atomic E-state index is 12.3. The number of carbonyl (C=O) groups is 1. The number of ether oxygens (including phenoxy) is 3. The molecule has 2 aliphatic rings. The Morgan fingerprint density at radius 1 is 1.26 bits per heavy atom. The molecule has 0 fully saturated rings. The smallest absolute Gasteiger partial charge is 0.260 e. The Labute approximate surface area is 158 Å². The van der Waals surface area contributed by atoms with E-state index < -0.39 is 6.10 Å². The third-order valence-corrected chi connectivity index (χ3v) is 4.86. The monoisotopic (exact) mass is 369 g/mol. The van der Waals surface area contributed by atoms with Gasteiger partial charge in [0.25, 0.3) is 5.91 Å². The molecule has 1 aromatic heterocycles. The van der Waals surface area contributed by atoms with Gasteiger partial charge in [0.15, 0.2) is 17.6 Å². The molecule has 1 aliphatic carbocycles. The first kappa shape index (κ1) is 17.6. The Morgan fingerprint density at radius 3 is 3.00 bits per heavy atom. The number of carbonyl (C=O) groups excluding carboxylic acids is 1. The van der Waals surface area contributed by atoms with Gasteiger partial charge < -0.3 is 19.5 Å². The fourth-order valence-corrected chi connectivity index (χ4v) is 3.44. The summed E-state index contributed by atoms with van der Waals surface area (Å²) in [5.74, 6) is 2.50. The topological polar surface area (TPSA) is 82.6 Å². The molecular weight excluding hydrogens is 346 g/mol. The van der Waals surface area contributed by atoms with Gasteiger partial charge in [0.1, 0.15) is 11.6 Å². The maximum Gasteiger partial charge on any atom is 0.260 e. The van der Waals surface area contributed by atoms with Crippen molar-refractivity contribution in [3.63, 3.8) is 0 Å². The minimum Gasteiger partial charge on any atom is -0.481 e. The van der Waals surface area contributed by atoms with E-state index in [-0.39, 0.29) is 12.7 Å². The summed E-state index contributed by atoms with van der Waals surface area (Å²) >= 11 is 0. The molecule has 4 rings (SSSR count). The molecule has 1 aromatic carbocycles. The quantitative estimate of drug-likeness (QED) is 0.840. The van der Waals surface area contributed by atoms with E-state index in [1.165, 1.54) is 11.3 Å². The normalized spacial score (nSPS) is 15.3. The van der Waals surface area contributed by atoms with Crippen LogP contribution in [0.1, 0.15) is 36.1 Å². The second-order valence-corrected chi connectivity index (χ2v) is 6.82. The van der Waals surface area contributed by atoms with Crippen molar-refractivity contribution in [1.29, 1.82) is 0 Å². The molecule has 0 saturated carbocycles. The Kier molecular flexibility index (Phi) is 4.83. The van der Waals surface area contributed by atoms with Gasteiger partial charge in [-0.25, -0.2) is 9.97 Å². The average Bonchev–Trinajstić information content (AvgIpc) is 3.30. The van der Waals surface area contributed by atoms with Crippen LogP contribution in [0.15, 0.2) is 18.2 Å². The van der Waals surface area contributed by atoms with Crippen LogP contribution in [0.2, 0.25) is 0 Å². The van der Waals surface area contributed by atoms with Crippen LogP contribution in [0.5, 0.6) is 17.2 Å². The standard InChI is InChI=1S/C20H23N3O4/c1-12-15-4-3-5-16(15)23-19(22-12)8-9-21-20(24)13(2)27-14-6-7-17-18(10-14)26-11-25-17/h6-7,10,13H,3-5,8-9,11H2,1-2H3,(H,21,24). The van der Waals surface area contributed by atoms with Crippen LogP contribution in [0.4, 0.5) is 0 Å². The molecule has 27 heavy (non-hydrogen) atoms. The molecule has 7 heteroatoms. The number of rotatable bonds is 6. The Bertz CT molecular complexity index is 869. The van der Waals surface area contributed by atoms with Gasteiger partial charge in [-0.2, -0.15) is 0 Å². The van der Waals surface area contributed by atoms with Gasteiger partial charge in [0.2, 0.25) is 6.79 Å². The van der Waals surface area contributed by atoms with Crippen LogP contribution in [0, 0.1) is 6.92 Å². The molecule has 0 bridgehead atoms. The summed E-state index contributed by atoms with van der Waals surface area (Å²) < 4.78 is 16.3. The summed E-state index contributed by atoms with van der Waals surface area (Å²) in [6.07, 6.45) is 3.25. The number of hydrogen-bond acceptors (Lipinski definition) is 6. The lowest BCUT2D eigenvalue weighted by Crippen LogP contribution is -2.37. The summed E-state index contributed by atoms with van der Waals surface area (Å²) in [5.41, 5.74) is 3.54. The van der Waals surface area contributed by atoms with Gasteiger partial charge in [0, 0.05) is 30.4 Å². The van der Waals surface area contributed by atoms with Crippen molar-refractivity contribution in [3.8, 4) is 17.2 Å². The highest BCUT2D eigenvalue weighted by Crippen LogP contribution is 2.35. The fraction of sp³-hybridized carbons (Fsp3) is 0.450. The van der Waals surface area contributed by atoms with Gasteiger partial charge >= 0.3 is 0 Å². The van der Waals surface area contributed by atoms with Gasteiger partial charge in [-0.05, 0) is 50.8 Å². The molecule has 2 heterocycles. The maximum atomic E-state index is 12.3. The van der Waals surface area contributed by atoms with Crippen LogP contribution in [-0.4, -0.2) is 35.3 Å². The number of aryl methyl sites for hydroxylation is 2. The van der Waals surface area contributed by atoms with E-state index in [1.807, 2.05) is 6.92 Å². The van der Waals surface area contributed by atoms with Crippen molar-refractivity contribution >= 4 is 5.91 Å². The summed E-state index contributed by atoms with van der Waals surface area (Å²) in [4.78, 5) is 21.5. The van der Waals surface area contributed by atoms with Gasteiger partial charge in [-0.1, -0.05) is 0 Å². The van der Waals surface area contributed by atoms with E-state index in [9.17, 15) is 4.79 Å². The van der Waals surface area contributed by atoms with Crippen LogP contribution >= 0.6 is 0 Å². The summed E-state index contributed by atoms with van der Waals surface area (Å²) in [6, 6.07) is 5.27. The zero-order chi connectivity index (χ0) is 18.8. The first-order valence-corrected chi connectivity index (χ1v) is 9.29. The molecule has 1 amide bonds. The molecule has 1 aliphatic heterocycles. The van der Waals surface area contributed by atoms with Crippen molar-refractivity contribution in [3.05, 3.63) is 41.0 Å². The van der Waals surface area contributed by atoms with Crippen molar-refractivity contribution in [2.24, 2.45) is 0 Å². The summed E-state index contributed by atoms with van der Waals surface area (Å²) in [6.45, 7) is 4.44. The van der Waals surface area contributed by atoms with E-state index in [0.29, 0.717) is 30.2 Å². The predicted molar refractivity (Wildman–Crippen MR) is 98.2 cm³/mol. The number of aromatic nitrogens is 2. The lowest BCUT2D eigenvalue weighted by Gasteiger charge is -2.15. The van der Waals surface area contributed by atoms with E-state index in [1.54, 1.807) is 25.1 Å². The number of benzene rings is 1. The Balaban J connectivity index is 1.28. The van der Waals surface area contributed by atoms with Crippen molar-refractivity contribution in [2.75, 3.05) is 13.3 Å². The van der Waals surface area contributed by atoms with Crippen molar-refractivity contribution in [2.45, 2.75) is 45.6 Å². The predicted octanol–water partition coefficient (Wildman–Crippen LogP) is 2.13. The van der Waals surface area contributed by atoms with Crippen molar-refractivity contribution in [1.82, 2.24) is 15.3 Å². The summed E-state index contributed by atoms with van der Waals surface area (Å²) in [5, 5.41) is 2.89. The van der Waals surface area contributed by atoms with Gasteiger partial charge in [-0.15, -0.1) is 0 Å². The van der Waals surface area contributed by atoms with Gasteiger partial charge in [-0.3, -0.25) is 4.79 Å². The molecule has 0 spiro atoms. The molecular formula is C20H23N3O4. The van der Waals surface area contributed by atoms with E-state index >= 15 is 0 Å². The Hall–Kier alpha value is -2.83. The zero-order valence-electron chi connectivity index (χ0n) is 15.6. The third kappa shape index (κ3) is 3.82. The molecule has 0 radical (unpaired) electrons. The largest absolute Gasteiger partial charge is 0.481 e. The van der Waals surface area contributed by atoms with Crippen molar-refractivity contribution < 1.29 is 19.0 Å². The second-order valence-electron chi connectivity index (χ2n) is 6.82. The highest BCUT2D eigenvalue weighted by Gasteiger charge is 2.19. The molecule has 1 N–H and O–H groups in total. The average molecular weight is 369 g/mol. The first-order valence-electron chi connectivity index (χ1n) is 9.29. The molecule has 1 atom stereocenters. The van der Waals surface area contributed by atoms with E-state index in [2.05, 4.69) is 15.3 Å². The van der Waals surface area contributed by atoms with Crippen LogP contribution in [0.3, 0.4) is 0 Å². The Morgan fingerprint density at radius 2 is 2.11 bits per heavy atom. The molecule has 142 valence electrons. The number of hydrogen-bond donors (Lipinski definition) is 1. The highest BCUT2D eigenvalue weighted by atomic mass is 16.7. The number of nitrogens with one attached hydrogen (secondary N) is 1. The van der Waals surface area contributed by atoms with Crippen LogP contribution in [-0.2, 0) is 24.1 Å². The SMILES string of the molecule is Cc1nc(CCNC(=O)C(C)Oc2ccc3c(c2)OCO3)nc2c1CCC2. The molecule has 1 unspecified atom stereocenters. The van der Waals surface area contributed by atoms with Crippen LogP contribution in [0.25, 0.3) is 0 Å². The minimum atomic E-state index is -0.618. The molecule has 0 saturated heterocycles. The summed E-state index contributed by atoms with van der Waals surface area (Å²) in [7, 11) is 0. The fourth-order valence-electron chi connectivity index (χ4n) is 3.44. The van der Waals surface area contributed by atoms with E-state index in [4.69, 9.17) is 14.2 Å². The molecule has 7 nitrogen and oxygen atoms in total. The highest BCUT2D eigenvalue weighted by molar-refractivity contribution is 5.80. The zero-order valence-corrected chi connectivity index (χ0v) is 15.6. The number of fused-ring (bicyclic) bond motifs is 2. The number of nitrogens with zero attached hydrogens (tertiary/aromatic N) is 2. The van der Waals surface area contributed by atoms with E-state index in [0.717, 1.165) is 30.8 Å². The van der Waals surface area contributed by atoms with Crippen LogP contribution < -0.4 is 19.5 Å². The number of amides is 1. The second kappa shape index (κ2) is 7.42. The lowest BCUT2D eigenvalue weighted by atomic mass is 10.2. The lowest BCUT2D eigenvalue weighted by molar-refractivity contribution is -0.127.